The highest BCUT2D eigenvalue weighted by Gasteiger charge is 2.16. The summed E-state index contributed by atoms with van der Waals surface area (Å²) >= 11 is 1.49. The van der Waals surface area contributed by atoms with E-state index in [1.807, 2.05) is 23.6 Å². The van der Waals surface area contributed by atoms with Gasteiger partial charge in [0.05, 0.1) is 18.6 Å². The summed E-state index contributed by atoms with van der Waals surface area (Å²) in [4.78, 5) is 23.5. The van der Waals surface area contributed by atoms with Crippen LogP contribution in [0.3, 0.4) is 0 Å². The summed E-state index contributed by atoms with van der Waals surface area (Å²) in [6.45, 7) is 0.318. The molecule has 7 nitrogen and oxygen atoms in total. The van der Waals surface area contributed by atoms with Crippen LogP contribution in [0.1, 0.15) is 10.4 Å². The summed E-state index contributed by atoms with van der Waals surface area (Å²) < 4.78 is 4.91. The lowest BCUT2D eigenvalue weighted by molar-refractivity contribution is -0.385. The summed E-state index contributed by atoms with van der Waals surface area (Å²) in [5.74, 6) is -0.429. The van der Waals surface area contributed by atoms with Crippen molar-refractivity contribution < 1.29 is 14.5 Å². The van der Waals surface area contributed by atoms with E-state index >= 15 is 0 Å². The zero-order valence-corrected chi connectivity index (χ0v) is 13.5. The van der Waals surface area contributed by atoms with Crippen molar-refractivity contribution in [1.29, 1.82) is 5.26 Å². The second-order valence-electron chi connectivity index (χ2n) is 4.62. The average Bonchev–Trinajstić information content (AvgIpc) is 3.10. The van der Waals surface area contributed by atoms with Crippen molar-refractivity contribution in [2.45, 2.75) is 6.54 Å². The predicted molar refractivity (Wildman–Crippen MR) is 89.4 cm³/mol. The Bertz CT molecular complexity index is 822. The maximum absolute atomic E-state index is 12.1. The Morgan fingerprint density at radius 3 is 2.88 bits per heavy atom. The van der Waals surface area contributed by atoms with Crippen molar-refractivity contribution >= 4 is 29.0 Å². The average molecular weight is 343 g/mol. The van der Waals surface area contributed by atoms with Crippen LogP contribution in [0.4, 0.5) is 5.69 Å². The summed E-state index contributed by atoms with van der Waals surface area (Å²) in [5.41, 5.74) is -0.00104. The number of amides is 1. The van der Waals surface area contributed by atoms with Crippen LogP contribution in [0, 0.1) is 21.4 Å². The van der Waals surface area contributed by atoms with Crippen molar-refractivity contribution in [3.8, 4) is 11.8 Å². The predicted octanol–water partition coefficient (Wildman–Crippen LogP) is 2.89. The first-order valence-corrected chi connectivity index (χ1v) is 7.68. The molecule has 0 atom stereocenters. The van der Waals surface area contributed by atoms with Gasteiger partial charge in [-0.1, -0.05) is 12.1 Å². The van der Waals surface area contributed by atoms with Gasteiger partial charge in [-0.25, -0.2) is 0 Å². The van der Waals surface area contributed by atoms with E-state index in [-0.39, 0.29) is 17.0 Å². The third kappa shape index (κ3) is 4.18. The Balaban J connectivity index is 2.20. The Morgan fingerprint density at radius 2 is 2.29 bits per heavy atom. The normalized spacial score (nSPS) is 10.8. The number of hydrogen-bond acceptors (Lipinski definition) is 6. The molecule has 1 aromatic heterocycles. The van der Waals surface area contributed by atoms with E-state index < -0.39 is 10.8 Å². The van der Waals surface area contributed by atoms with Gasteiger partial charge in [-0.05, 0) is 29.2 Å². The molecule has 0 bridgehead atoms. The number of rotatable bonds is 6. The van der Waals surface area contributed by atoms with Crippen molar-refractivity contribution in [2.24, 2.45) is 0 Å². The molecule has 0 unspecified atom stereocenters. The standard InChI is InChI=1S/C16H13N3O4S/c1-23-15-5-4-11(8-14(15)19(21)22)7-12(9-17)16(20)18-10-13-3-2-6-24-13/h2-8H,10H2,1H3,(H,18,20)/b12-7+. The van der Waals surface area contributed by atoms with Crippen LogP contribution in [0.25, 0.3) is 6.08 Å². The van der Waals surface area contributed by atoms with Gasteiger partial charge in [0.25, 0.3) is 5.91 Å². The first kappa shape index (κ1) is 17.2. The van der Waals surface area contributed by atoms with Gasteiger partial charge in [0.1, 0.15) is 11.6 Å². The fourth-order valence-corrected chi connectivity index (χ4v) is 2.58. The number of carbonyl (C=O) groups excluding carboxylic acids is 1. The van der Waals surface area contributed by atoms with Gasteiger partial charge in [-0.15, -0.1) is 11.3 Å². The topological polar surface area (TPSA) is 105 Å². The maximum Gasteiger partial charge on any atom is 0.311 e. The molecule has 0 radical (unpaired) electrons. The van der Waals surface area contributed by atoms with E-state index in [0.29, 0.717) is 12.1 Å². The van der Waals surface area contributed by atoms with Gasteiger partial charge in [0, 0.05) is 10.9 Å². The monoisotopic (exact) mass is 343 g/mol. The number of nitro benzene ring substituents is 1. The molecule has 0 aliphatic carbocycles. The van der Waals surface area contributed by atoms with Crippen molar-refractivity contribution in [3.63, 3.8) is 0 Å². The number of ether oxygens (including phenoxy) is 1. The lowest BCUT2D eigenvalue weighted by atomic mass is 10.1. The highest BCUT2D eigenvalue weighted by molar-refractivity contribution is 7.09. The highest BCUT2D eigenvalue weighted by Crippen LogP contribution is 2.28. The van der Waals surface area contributed by atoms with Crippen molar-refractivity contribution in [3.05, 3.63) is 61.8 Å². The number of thiophene rings is 1. The number of nitrogens with one attached hydrogen (secondary N) is 1. The molecule has 8 heteroatoms. The lowest BCUT2D eigenvalue weighted by Crippen LogP contribution is -2.23. The minimum Gasteiger partial charge on any atom is -0.490 e. The molecule has 2 rings (SSSR count). The summed E-state index contributed by atoms with van der Waals surface area (Å²) in [7, 11) is 1.33. The first-order valence-electron chi connectivity index (χ1n) is 6.80. The van der Waals surface area contributed by atoms with Gasteiger partial charge in [-0.2, -0.15) is 5.26 Å². The van der Waals surface area contributed by atoms with Gasteiger partial charge in [0.2, 0.25) is 0 Å². The smallest absolute Gasteiger partial charge is 0.311 e. The molecular weight excluding hydrogens is 330 g/mol. The number of methoxy groups -OCH3 is 1. The highest BCUT2D eigenvalue weighted by atomic mass is 32.1. The second-order valence-corrected chi connectivity index (χ2v) is 5.65. The Morgan fingerprint density at radius 1 is 1.50 bits per heavy atom. The molecule has 0 aliphatic rings. The number of hydrogen-bond donors (Lipinski definition) is 1. The van der Waals surface area contributed by atoms with E-state index in [0.717, 1.165) is 4.88 Å². The molecule has 122 valence electrons. The van der Waals surface area contributed by atoms with E-state index in [4.69, 9.17) is 10.00 Å². The van der Waals surface area contributed by atoms with E-state index in [9.17, 15) is 14.9 Å². The molecule has 0 saturated carbocycles. The van der Waals surface area contributed by atoms with Crippen LogP contribution < -0.4 is 10.1 Å². The lowest BCUT2D eigenvalue weighted by Gasteiger charge is -2.04. The van der Waals surface area contributed by atoms with E-state index in [1.165, 1.54) is 42.7 Å². The van der Waals surface area contributed by atoms with E-state index in [1.54, 1.807) is 0 Å². The SMILES string of the molecule is COc1ccc(/C=C(\C#N)C(=O)NCc2cccs2)cc1[N+](=O)[O-]. The molecule has 0 fully saturated rings. The van der Waals surface area contributed by atoms with Crippen LogP contribution >= 0.6 is 11.3 Å². The van der Waals surface area contributed by atoms with Crippen LogP contribution in [0.5, 0.6) is 5.75 Å². The van der Waals surface area contributed by atoms with Crippen molar-refractivity contribution in [1.82, 2.24) is 5.32 Å². The van der Waals surface area contributed by atoms with E-state index in [2.05, 4.69) is 5.32 Å². The number of nitro groups is 1. The molecule has 1 aromatic carbocycles. The van der Waals surface area contributed by atoms with Crippen molar-refractivity contribution in [2.75, 3.05) is 7.11 Å². The maximum atomic E-state index is 12.1. The molecule has 24 heavy (non-hydrogen) atoms. The number of carbonyl (C=O) groups is 1. The Labute approximate surface area is 141 Å². The molecule has 1 amide bonds. The minimum absolute atomic E-state index is 0.109. The largest absolute Gasteiger partial charge is 0.490 e. The molecule has 0 saturated heterocycles. The number of nitrogens with zero attached hydrogens (tertiary/aromatic N) is 2. The van der Waals surface area contributed by atoms with Crippen LogP contribution in [0.2, 0.25) is 0 Å². The van der Waals surface area contributed by atoms with Gasteiger partial charge in [-0.3, -0.25) is 14.9 Å². The molecule has 2 aromatic rings. The summed E-state index contributed by atoms with van der Waals surface area (Å²) in [6.07, 6.45) is 1.30. The number of nitriles is 1. The Kier molecular flexibility index (Phi) is 5.65. The van der Waals surface area contributed by atoms with Gasteiger partial charge in [0.15, 0.2) is 5.75 Å². The van der Waals surface area contributed by atoms with Gasteiger partial charge >= 0.3 is 5.69 Å². The van der Waals surface area contributed by atoms with Crippen LogP contribution in [-0.2, 0) is 11.3 Å². The minimum atomic E-state index is -0.584. The zero-order valence-electron chi connectivity index (χ0n) is 12.7. The first-order chi connectivity index (χ1) is 11.5. The van der Waals surface area contributed by atoms with Crippen LogP contribution in [-0.4, -0.2) is 17.9 Å². The third-order valence-electron chi connectivity index (χ3n) is 3.08. The molecule has 1 heterocycles. The molecule has 0 aliphatic heterocycles. The van der Waals surface area contributed by atoms with Crippen LogP contribution in [0.15, 0.2) is 41.3 Å². The fourth-order valence-electron chi connectivity index (χ4n) is 1.93. The zero-order chi connectivity index (χ0) is 17.5. The van der Waals surface area contributed by atoms with Gasteiger partial charge < -0.3 is 10.1 Å². The third-order valence-corrected chi connectivity index (χ3v) is 3.96. The second kappa shape index (κ2) is 7.89. The summed E-state index contributed by atoms with van der Waals surface area (Å²) in [6, 6.07) is 9.75. The number of benzene rings is 1. The molecule has 1 N–H and O–H groups in total. The molecular formula is C16H13N3O4S. The Hall–Kier alpha value is -3.18. The quantitative estimate of drug-likeness (QED) is 0.376. The molecule has 0 spiro atoms. The fraction of sp³-hybridized carbons (Fsp3) is 0.125. The summed E-state index contributed by atoms with van der Waals surface area (Å²) in [5, 5.41) is 24.7.